The predicted molar refractivity (Wildman–Crippen MR) is 100.0 cm³/mol. The predicted octanol–water partition coefficient (Wildman–Crippen LogP) is 4.02. The van der Waals surface area contributed by atoms with E-state index in [1.54, 1.807) is 42.6 Å². The van der Waals surface area contributed by atoms with Crippen molar-refractivity contribution >= 4 is 34.0 Å². The van der Waals surface area contributed by atoms with Gasteiger partial charge in [-0.3, -0.25) is 14.9 Å². The van der Waals surface area contributed by atoms with Crippen LogP contribution in [0.4, 0.5) is 15.2 Å². The Hall–Kier alpha value is -3.06. The molecule has 2 N–H and O–H groups in total. The molecule has 0 aliphatic carbocycles. The fraction of sp³-hybridized carbons (Fsp3) is 0.105. The molecule has 1 heterocycles. The molecule has 3 aromatic rings. The van der Waals surface area contributed by atoms with Crippen LogP contribution >= 0.6 is 11.3 Å². The van der Waals surface area contributed by atoms with Crippen molar-refractivity contribution in [2.24, 2.45) is 0 Å². The second-order valence-electron chi connectivity index (χ2n) is 5.65. The van der Waals surface area contributed by atoms with E-state index in [2.05, 4.69) is 15.6 Å². The van der Waals surface area contributed by atoms with Gasteiger partial charge in [-0.15, -0.1) is 11.3 Å². The van der Waals surface area contributed by atoms with Crippen molar-refractivity contribution in [1.82, 2.24) is 4.98 Å². The molecule has 0 aliphatic rings. The first-order chi connectivity index (χ1) is 12.5. The summed E-state index contributed by atoms with van der Waals surface area (Å²) in [5.74, 6) is -0.971. The lowest BCUT2D eigenvalue weighted by molar-refractivity contribution is -0.115. The van der Waals surface area contributed by atoms with Gasteiger partial charge >= 0.3 is 0 Å². The van der Waals surface area contributed by atoms with Gasteiger partial charge in [0.1, 0.15) is 5.82 Å². The number of nitrogens with zero attached hydrogens (tertiary/aromatic N) is 1. The third-order valence-electron chi connectivity index (χ3n) is 3.62. The summed E-state index contributed by atoms with van der Waals surface area (Å²) in [5, 5.41) is 7.51. The molecule has 0 aliphatic heterocycles. The Morgan fingerprint density at radius 3 is 2.65 bits per heavy atom. The maximum absolute atomic E-state index is 13.3. The normalized spacial score (nSPS) is 10.4. The number of rotatable bonds is 5. The first-order valence-electron chi connectivity index (χ1n) is 7.88. The van der Waals surface area contributed by atoms with E-state index in [1.165, 1.54) is 23.5 Å². The standard InChI is InChI=1S/C19H16FN3O2S/c1-12-7-8-14(20)9-16(12)22-17(24)10-15-11-26-19(21-15)23-18(25)13-5-3-2-4-6-13/h2-9,11H,10H2,1H3,(H,22,24)(H,21,23,25). The van der Waals surface area contributed by atoms with Gasteiger partial charge < -0.3 is 5.32 Å². The minimum absolute atomic E-state index is 0.0354. The van der Waals surface area contributed by atoms with Crippen LogP contribution in [0.25, 0.3) is 0 Å². The second-order valence-corrected chi connectivity index (χ2v) is 6.51. The van der Waals surface area contributed by atoms with Crippen LogP contribution in [-0.4, -0.2) is 16.8 Å². The van der Waals surface area contributed by atoms with Crippen molar-refractivity contribution in [1.29, 1.82) is 0 Å². The van der Waals surface area contributed by atoms with Crippen LogP contribution in [0.1, 0.15) is 21.6 Å². The summed E-state index contributed by atoms with van der Waals surface area (Å²) in [5.41, 5.74) is 2.27. The molecule has 1 aromatic heterocycles. The summed E-state index contributed by atoms with van der Waals surface area (Å²) in [6.07, 6.45) is 0.0354. The Morgan fingerprint density at radius 1 is 1.12 bits per heavy atom. The zero-order valence-electron chi connectivity index (χ0n) is 14.0. The van der Waals surface area contributed by atoms with Gasteiger partial charge in [0.2, 0.25) is 5.91 Å². The SMILES string of the molecule is Cc1ccc(F)cc1NC(=O)Cc1csc(NC(=O)c2ccccc2)n1. The van der Waals surface area contributed by atoms with Gasteiger partial charge in [-0.25, -0.2) is 9.37 Å². The highest BCUT2D eigenvalue weighted by atomic mass is 32.1. The highest BCUT2D eigenvalue weighted by molar-refractivity contribution is 7.14. The van der Waals surface area contributed by atoms with Crippen LogP contribution in [0.5, 0.6) is 0 Å². The molecule has 0 fully saturated rings. The van der Waals surface area contributed by atoms with Gasteiger partial charge in [0.05, 0.1) is 12.1 Å². The Bertz CT molecular complexity index is 941. The van der Waals surface area contributed by atoms with Crippen LogP contribution in [0, 0.1) is 12.7 Å². The minimum Gasteiger partial charge on any atom is -0.325 e. The maximum Gasteiger partial charge on any atom is 0.257 e. The molecule has 3 rings (SSSR count). The van der Waals surface area contributed by atoms with E-state index in [0.717, 1.165) is 5.56 Å². The fourth-order valence-electron chi connectivity index (χ4n) is 2.29. The summed E-state index contributed by atoms with van der Waals surface area (Å²) < 4.78 is 13.3. The van der Waals surface area contributed by atoms with Gasteiger partial charge in [-0.05, 0) is 36.8 Å². The number of benzene rings is 2. The number of carbonyl (C=O) groups excluding carboxylic acids is 2. The Morgan fingerprint density at radius 2 is 1.88 bits per heavy atom. The van der Waals surface area contributed by atoms with Crippen LogP contribution < -0.4 is 10.6 Å². The van der Waals surface area contributed by atoms with E-state index in [9.17, 15) is 14.0 Å². The number of anilines is 2. The third kappa shape index (κ3) is 4.52. The number of hydrogen-bond acceptors (Lipinski definition) is 4. The average molecular weight is 369 g/mol. The van der Waals surface area contributed by atoms with E-state index in [-0.39, 0.29) is 18.2 Å². The second kappa shape index (κ2) is 7.88. The molecule has 7 heteroatoms. The first kappa shape index (κ1) is 17.8. The summed E-state index contributed by atoms with van der Waals surface area (Å²) >= 11 is 1.24. The van der Waals surface area contributed by atoms with E-state index in [0.29, 0.717) is 22.1 Å². The van der Waals surface area contributed by atoms with E-state index in [1.807, 2.05) is 6.07 Å². The molecule has 0 spiro atoms. The molecular weight excluding hydrogens is 353 g/mol. The van der Waals surface area contributed by atoms with Crippen LogP contribution in [-0.2, 0) is 11.2 Å². The lowest BCUT2D eigenvalue weighted by atomic mass is 10.2. The van der Waals surface area contributed by atoms with Gasteiger partial charge in [0.25, 0.3) is 5.91 Å². The van der Waals surface area contributed by atoms with Crippen molar-refractivity contribution < 1.29 is 14.0 Å². The zero-order chi connectivity index (χ0) is 18.5. The largest absolute Gasteiger partial charge is 0.325 e. The monoisotopic (exact) mass is 369 g/mol. The number of nitrogens with one attached hydrogen (secondary N) is 2. The van der Waals surface area contributed by atoms with Crippen molar-refractivity contribution in [2.75, 3.05) is 10.6 Å². The van der Waals surface area contributed by atoms with Crippen LogP contribution in [0.2, 0.25) is 0 Å². The highest BCUT2D eigenvalue weighted by Gasteiger charge is 2.12. The molecule has 0 saturated carbocycles. The molecule has 0 bridgehead atoms. The number of aryl methyl sites for hydroxylation is 1. The zero-order valence-corrected chi connectivity index (χ0v) is 14.8. The number of hydrogen-bond donors (Lipinski definition) is 2. The van der Waals surface area contributed by atoms with Crippen molar-refractivity contribution in [3.8, 4) is 0 Å². The average Bonchev–Trinajstić information content (AvgIpc) is 3.05. The molecule has 2 aromatic carbocycles. The Balaban J connectivity index is 1.60. The number of halogens is 1. The van der Waals surface area contributed by atoms with E-state index in [4.69, 9.17) is 0 Å². The van der Waals surface area contributed by atoms with Gasteiger partial charge in [0, 0.05) is 16.6 Å². The summed E-state index contributed by atoms with van der Waals surface area (Å²) in [7, 11) is 0. The summed E-state index contributed by atoms with van der Waals surface area (Å²) in [6, 6.07) is 13.0. The molecule has 2 amide bonds. The fourth-order valence-corrected chi connectivity index (χ4v) is 3.00. The van der Waals surface area contributed by atoms with Crippen molar-refractivity contribution in [3.05, 3.63) is 76.5 Å². The molecule has 0 saturated heterocycles. The number of amides is 2. The van der Waals surface area contributed by atoms with Crippen molar-refractivity contribution in [2.45, 2.75) is 13.3 Å². The lowest BCUT2D eigenvalue weighted by Gasteiger charge is -2.07. The van der Waals surface area contributed by atoms with Crippen molar-refractivity contribution in [3.63, 3.8) is 0 Å². The lowest BCUT2D eigenvalue weighted by Crippen LogP contribution is -2.16. The smallest absolute Gasteiger partial charge is 0.257 e. The summed E-state index contributed by atoms with van der Waals surface area (Å²) in [6.45, 7) is 1.79. The number of thiazole rings is 1. The molecule has 0 radical (unpaired) electrons. The van der Waals surface area contributed by atoms with Crippen LogP contribution in [0.15, 0.2) is 53.9 Å². The molecule has 0 atom stereocenters. The van der Waals surface area contributed by atoms with E-state index < -0.39 is 5.82 Å². The highest BCUT2D eigenvalue weighted by Crippen LogP contribution is 2.19. The third-order valence-corrected chi connectivity index (χ3v) is 4.43. The molecule has 132 valence electrons. The Kier molecular flexibility index (Phi) is 5.38. The van der Waals surface area contributed by atoms with Gasteiger partial charge in [-0.1, -0.05) is 24.3 Å². The minimum atomic E-state index is -0.412. The Labute approximate surface area is 153 Å². The number of aromatic nitrogens is 1. The first-order valence-corrected chi connectivity index (χ1v) is 8.76. The summed E-state index contributed by atoms with van der Waals surface area (Å²) in [4.78, 5) is 28.5. The molecular formula is C19H16FN3O2S. The molecule has 5 nitrogen and oxygen atoms in total. The topological polar surface area (TPSA) is 71.1 Å². The quantitative estimate of drug-likeness (QED) is 0.713. The molecule has 26 heavy (non-hydrogen) atoms. The molecule has 0 unspecified atom stereocenters. The van der Waals surface area contributed by atoms with Gasteiger partial charge in [-0.2, -0.15) is 0 Å². The number of carbonyl (C=O) groups is 2. The van der Waals surface area contributed by atoms with Gasteiger partial charge in [0.15, 0.2) is 5.13 Å². The van der Waals surface area contributed by atoms with Crippen LogP contribution in [0.3, 0.4) is 0 Å². The maximum atomic E-state index is 13.3. The van der Waals surface area contributed by atoms with E-state index >= 15 is 0 Å².